The van der Waals surface area contributed by atoms with Crippen molar-refractivity contribution in [3.05, 3.63) is 0 Å². The van der Waals surface area contributed by atoms with Crippen LogP contribution in [-0.2, 0) is 0 Å². The summed E-state index contributed by atoms with van der Waals surface area (Å²) < 4.78 is 6.26. The minimum absolute atomic E-state index is 0.481. The zero-order valence-corrected chi connectivity index (χ0v) is 11.0. The zero-order chi connectivity index (χ0) is 6.95. The molecule has 0 nitrogen and oxygen atoms in total. The SMILES string of the molecule is CC[Te]CCC[Te]CC. The molecule has 0 rings (SSSR count). The third-order valence-electron chi connectivity index (χ3n) is 0.986. The molecule has 0 aliphatic carbocycles. The summed E-state index contributed by atoms with van der Waals surface area (Å²) in [5.41, 5.74) is 0. The van der Waals surface area contributed by atoms with Gasteiger partial charge in [-0.1, -0.05) is 0 Å². The van der Waals surface area contributed by atoms with Gasteiger partial charge in [-0.3, -0.25) is 0 Å². The molecule has 0 N–H and O–H groups in total. The van der Waals surface area contributed by atoms with Crippen molar-refractivity contribution in [3.8, 4) is 0 Å². The third-order valence-corrected chi connectivity index (χ3v) is 6.61. The van der Waals surface area contributed by atoms with Crippen molar-refractivity contribution < 1.29 is 0 Å². The van der Waals surface area contributed by atoms with Crippen LogP contribution in [0.5, 0.6) is 0 Å². The second kappa shape index (κ2) is 9.58. The van der Waals surface area contributed by atoms with Gasteiger partial charge in [-0.25, -0.2) is 0 Å². The second-order valence-electron chi connectivity index (χ2n) is 1.75. The van der Waals surface area contributed by atoms with E-state index in [1.807, 2.05) is 0 Å². The van der Waals surface area contributed by atoms with Crippen LogP contribution in [0.15, 0.2) is 0 Å². The molecule has 0 atom stereocenters. The van der Waals surface area contributed by atoms with Crippen LogP contribution in [0.4, 0.5) is 0 Å². The Kier molecular flexibility index (Phi) is 11.3. The van der Waals surface area contributed by atoms with Gasteiger partial charge in [0, 0.05) is 0 Å². The van der Waals surface area contributed by atoms with E-state index in [0.29, 0.717) is 41.8 Å². The van der Waals surface area contributed by atoms with Crippen LogP contribution in [0.3, 0.4) is 0 Å². The molecule has 0 amide bonds. The van der Waals surface area contributed by atoms with Gasteiger partial charge in [-0.15, -0.1) is 0 Å². The first-order chi connectivity index (χ1) is 4.41. The fraction of sp³-hybridized carbons (Fsp3) is 1.00. The van der Waals surface area contributed by atoms with Crippen LogP contribution in [0.25, 0.3) is 0 Å². The molecule has 0 saturated carbocycles. The molecule has 0 radical (unpaired) electrons. The number of hydrogen-bond donors (Lipinski definition) is 0. The molecule has 0 heterocycles. The minimum atomic E-state index is 0.481. The van der Waals surface area contributed by atoms with Crippen molar-refractivity contribution in [2.75, 3.05) is 0 Å². The molecule has 0 bridgehead atoms. The van der Waals surface area contributed by atoms with Gasteiger partial charge < -0.3 is 0 Å². The Balaban J connectivity index is 2.60. The molecule has 9 heavy (non-hydrogen) atoms. The fourth-order valence-corrected chi connectivity index (χ4v) is 5.96. The van der Waals surface area contributed by atoms with E-state index < -0.39 is 0 Å². The molecule has 0 spiro atoms. The van der Waals surface area contributed by atoms with Gasteiger partial charge in [-0.05, 0) is 0 Å². The van der Waals surface area contributed by atoms with Crippen LogP contribution < -0.4 is 0 Å². The average molecular weight is 355 g/mol. The van der Waals surface area contributed by atoms with Crippen molar-refractivity contribution in [2.24, 2.45) is 0 Å². The Labute approximate surface area is 79.3 Å². The Hall–Kier alpha value is 1.58. The van der Waals surface area contributed by atoms with E-state index in [2.05, 4.69) is 13.8 Å². The normalized spacial score (nSPS) is 10.0. The third kappa shape index (κ3) is 9.58. The standard InChI is InChI=1S/C7H16Te2/c1-3-8-6-5-7-9-4-2/h3-7H2,1-2H3. The van der Waals surface area contributed by atoms with Gasteiger partial charge in [0.05, 0.1) is 0 Å². The molecule has 0 unspecified atom stereocenters. The Morgan fingerprint density at radius 3 is 1.67 bits per heavy atom. The van der Waals surface area contributed by atoms with Gasteiger partial charge in [0.25, 0.3) is 0 Å². The van der Waals surface area contributed by atoms with E-state index in [4.69, 9.17) is 0 Å². The molecule has 2 heteroatoms. The molecule has 0 fully saturated rings. The van der Waals surface area contributed by atoms with Gasteiger partial charge in [-0.2, -0.15) is 0 Å². The molecule has 0 aliphatic heterocycles. The first-order valence-corrected chi connectivity index (χ1v) is 10.2. The van der Waals surface area contributed by atoms with Gasteiger partial charge in [0.2, 0.25) is 0 Å². The van der Waals surface area contributed by atoms with E-state index in [1.54, 1.807) is 15.4 Å². The predicted molar refractivity (Wildman–Crippen MR) is 46.7 cm³/mol. The number of rotatable bonds is 6. The molecule has 0 aromatic carbocycles. The summed E-state index contributed by atoms with van der Waals surface area (Å²) in [5, 5.41) is 0. The van der Waals surface area contributed by atoms with Crippen molar-refractivity contribution in [3.63, 3.8) is 0 Å². The monoisotopic (exact) mass is 360 g/mol. The Morgan fingerprint density at radius 2 is 1.33 bits per heavy atom. The summed E-state index contributed by atoms with van der Waals surface area (Å²) in [6, 6.07) is 0. The molecular formula is C7H16Te2. The van der Waals surface area contributed by atoms with Gasteiger partial charge >= 0.3 is 80.0 Å². The first-order valence-electron chi connectivity index (χ1n) is 3.57. The summed E-state index contributed by atoms with van der Waals surface area (Å²) in [5.74, 6) is 0. The average Bonchev–Trinajstić information content (AvgIpc) is 1.89. The van der Waals surface area contributed by atoms with E-state index in [0.717, 1.165) is 0 Å². The molecule has 0 saturated heterocycles. The summed E-state index contributed by atoms with van der Waals surface area (Å²) in [6.45, 7) is 4.66. The van der Waals surface area contributed by atoms with Crippen LogP contribution in [0, 0.1) is 0 Å². The molecule has 0 aromatic heterocycles. The van der Waals surface area contributed by atoms with Crippen molar-refractivity contribution in [1.82, 2.24) is 0 Å². The summed E-state index contributed by atoms with van der Waals surface area (Å²) in [6.07, 6.45) is 1.58. The Bertz CT molecular complexity index is 40.2. The summed E-state index contributed by atoms with van der Waals surface area (Å²) in [4.78, 5) is 0. The zero-order valence-electron chi connectivity index (χ0n) is 6.35. The van der Waals surface area contributed by atoms with Crippen molar-refractivity contribution in [1.29, 1.82) is 0 Å². The summed E-state index contributed by atoms with van der Waals surface area (Å²) >= 11 is 0.962. The van der Waals surface area contributed by atoms with Crippen LogP contribution >= 0.6 is 0 Å². The van der Waals surface area contributed by atoms with Gasteiger partial charge in [0.1, 0.15) is 0 Å². The van der Waals surface area contributed by atoms with E-state index in [1.165, 1.54) is 8.94 Å². The number of hydrogen-bond acceptors (Lipinski definition) is 0. The second-order valence-corrected chi connectivity index (χ2v) is 9.70. The summed E-state index contributed by atoms with van der Waals surface area (Å²) in [7, 11) is 0. The van der Waals surface area contributed by atoms with Crippen LogP contribution in [-0.4, -0.2) is 41.8 Å². The van der Waals surface area contributed by atoms with Crippen LogP contribution in [0.2, 0.25) is 17.9 Å². The predicted octanol–water partition coefficient (Wildman–Crippen LogP) is 2.50. The van der Waals surface area contributed by atoms with Gasteiger partial charge in [0.15, 0.2) is 0 Å². The maximum absolute atomic E-state index is 2.33. The van der Waals surface area contributed by atoms with E-state index in [9.17, 15) is 0 Å². The fourth-order valence-electron chi connectivity index (χ4n) is 0.552. The first kappa shape index (κ1) is 10.6. The molecule has 56 valence electrons. The van der Waals surface area contributed by atoms with Crippen molar-refractivity contribution in [2.45, 2.75) is 38.1 Å². The molecular weight excluding hydrogens is 339 g/mol. The topological polar surface area (TPSA) is 0 Å². The Morgan fingerprint density at radius 1 is 0.889 bits per heavy atom. The van der Waals surface area contributed by atoms with Crippen LogP contribution in [0.1, 0.15) is 20.3 Å². The van der Waals surface area contributed by atoms with E-state index >= 15 is 0 Å². The molecule has 0 aliphatic rings. The quantitative estimate of drug-likeness (QED) is 0.507. The van der Waals surface area contributed by atoms with Crippen molar-refractivity contribution >= 4 is 41.8 Å². The molecule has 0 aromatic rings. The van der Waals surface area contributed by atoms with E-state index in [-0.39, 0.29) is 0 Å². The maximum atomic E-state index is 2.33.